The standard InChI is InChI=1S/C19H29NO/c1-3-10-20-19(16-6-5-14(4-2)12-16)17-7-8-18-15(13-17)9-11-21-18/h7-8,13-14,16,19-20H,3-6,9-12H2,1-2H3. The molecule has 1 aromatic carbocycles. The van der Waals surface area contributed by atoms with Gasteiger partial charge in [0.15, 0.2) is 0 Å². The third kappa shape index (κ3) is 3.26. The number of rotatable bonds is 6. The minimum atomic E-state index is 0.535. The molecule has 3 unspecified atom stereocenters. The van der Waals surface area contributed by atoms with Crippen molar-refractivity contribution >= 4 is 0 Å². The van der Waals surface area contributed by atoms with Gasteiger partial charge in [-0.05, 0) is 54.8 Å². The molecule has 0 saturated heterocycles. The molecule has 0 amide bonds. The molecule has 0 spiro atoms. The third-order valence-corrected chi connectivity index (χ3v) is 5.32. The van der Waals surface area contributed by atoms with E-state index < -0.39 is 0 Å². The minimum Gasteiger partial charge on any atom is -0.493 e. The van der Waals surface area contributed by atoms with Crippen LogP contribution in [-0.4, -0.2) is 13.2 Å². The fourth-order valence-corrected chi connectivity index (χ4v) is 4.04. The number of hydrogen-bond donors (Lipinski definition) is 1. The molecule has 2 aliphatic rings. The Hall–Kier alpha value is -1.02. The van der Waals surface area contributed by atoms with E-state index in [1.807, 2.05) is 0 Å². The number of nitrogens with one attached hydrogen (secondary N) is 1. The summed E-state index contributed by atoms with van der Waals surface area (Å²) in [7, 11) is 0. The Balaban J connectivity index is 1.78. The molecular formula is C19H29NO. The molecule has 1 fully saturated rings. The van der Waals surface area contributed by atoms with Crippen molar-refractivity contribution in [3.8, 4) is 5.75 Å². The highest BCUT2D eigenvalue weighted by molar-refractivity contribution is 5.41. The van der Waals surface area contributed by atoms with Gasteiger partial charge in [-0.15, -0.1) is 0 Å². The van der Waals surface area contributed by atoms with E-state index in [-0.39, 0.29) is 0 Å². The normalized spacial score (nSPS) is 25.6. The summed E-state index contributed by atoms with van der Waals surface area (Å²) in [5.41, 5.74) is 2.88. The van der Waals surface area contributed by atoms with E-state index in [4.69, 9.17) is 4.74 Å². The SMILES string of the molecule is CCCNC(c1ccc2c(c1)CCO2)C1CCC(CC)C1. The summed E-state index contributed by atoms with van der Waals surface area (Å²) in [6, 6.07) is 7.41. The van der Waals surface area contributed by atoms with Crippen LogP contribution >= 0.6 is 0 Å². The van der Waals surface area contributed by atoms with Crippen molar-refractivity contribution in [3.05, 3.63) is 29.3 Å². The van der Waals surface area contributed by atoms with E-state index in [2.05, 4.69) is 37.4 Å². The van der Waals surface area contributed by atoms with Gasteiger partial charge in [0.1, 0.15) is 5.75 Å². The highest BCUT2D eigenvalue weighted by atomic mass is 16.5. The first-order valence-electron chi connectivity index (χ1n) is 8.80. The van der Waals surface area contributed by atoms with Crippen molar-refractivity contribution in [2.75, 3.05) is 13.2 Å². The van der Waals surface area contributed by atoms with E-state index in [1.165, 1.54) is 43.2 Å². The summed E-state index contributed by atoms with van der Waals surface area (Å²) in [4.78, 5) is 0. The molecule has 2 heteroatoms. The fourth-order valence-electron chi connectivity index (χ4n) is 4.04. The second-order valence-corrected chi connectivity index (χ2v) is 6.74. The summed E-state index contributed by atoms with van der Waals surface area (Å²) in [5.74, 6) is 2.85. The van der Waals surface area contributed by atoms with Crippen molar-refractivity contribution in [2.45, 2.75) is 58.4 Å². The number of ether oxygens (including phenoxy) is 1. The van der Waals surface area contributed by atoms with Crippen LogP contribution in [0.3, 0.4) is 0 Å². The molecule has 21 heavy (non-hydrogen) atoms. The zero-order chi connectivity index (χ0) is 14.7. The molecule has 0 bridgehead atoms. The summed E-state index contributed by atoms with van der Waals surface area (Å²) in [6.45, 7) is 6.57. The van der Waals surface area contributed by atoms with Crippen LogP contribution in [0.15, 0.2) is 18.2 Å². The molecular weight excluding hydrogens is 258 g/mol. The van der Waals surface area contributed by atoms with Crippen molar-refractivity contribution in [1.29, 1.82) is 0 Å². The average Bonchev–Trinajstić information content (AvgIpc) is 3.16. The van der Waals surface area contributed by atoms with Crippen LogP contribution in [0.1, 0.15) is 63.1 Å². The van der Waals surface area contributed by atoms with Crippen molar-refractivity contribution < 1.29 is 4.74 Å². The zero-order valence-electron chi connectivity index (χ0n) is 13.5. The minimum absolute atomic E-state index is 0.535. The highest BCUT2D eigenvalue weighted by Crippen LogP contribution is 2.41. The Labute approximate surface area is 129 Å². The molecule has 2 nitrogen and oxygen atoms in total. The summed E-state index contributed by atoms with van der Waals surface area (Å²) < 4.78 is 5.65. The monoisotopic (exact) mass is 287 g/mol. The van der Waals surface area contributed by atoms with E-state index in [0.29, 0.717) is 6.04 Å². The van der Waals surface area contributed by atoms with Gasteiger partial charge in [0.2, 0.25) is 0 Å². The van der Waals surface area contributed by atoms with Gasteiger partial charge in [0.25, 0.3) is 0 Å². The first-order valence-corrected chi connectivity index (χ1v) is 8.80. The van der Waals surface area contributed by atoms with Gasteiger partial charge in [0, 0.05) is 12.5 Å². The van der Waals surface area contributed by atoms with Gasteiger partial charge in [0.05, 0.1) is 6.61 Å². The van der Waals surface area contributed by atoms with Gasteiger partial charge in [-0.25, -0.2) is 0 Å². The Kier molecular flexibility index (Phi) is 4.84. The van der Waals surface area contributed by atoms with Crippen LogP contribution < -0.4 is 10.1 Å². The molecule has 116 valence electrons. The molecule has 3 atom stereocenters. The third-order valence-electron chi connectivity index (χ3n) is 5.32. The average molecular weight is 287 g/mol. The predicted molar refractivity (Wildman–Crippen MR) is 87.8 cm³/mol. The van der Waals surface area contributed by atoms with E-state index in [1.54, 1.807) is 0 Å². The number of benzene rings is 1. The fraction of sp³-hybridized carbons (Fsp3) is 0.684. The lowest BCUT2D eigenvalue weighted by atomic mass is 9.89. The lowest BCUT2D eigenvalue weighted by molar-refractivity contribution is 0.352. The smallest absolute Gasteiger partial charge is 0.122 e. The first-order chi connectivity index (χ1) is 10.3. The Bertz CT molecular complexity index is 471. The van der Waals surface area contributed by atoms with Gasteiger partial charge < -0.3 is 10.1 Å². The van der Waals surface area contributed by atoms with Crippen LogP contribution in [0.2, 0.25) is 0 Å². The van der Waals surface area contributed by atoms with Crippen LogP contribution in [0.25, 0.3) is 0 Å². The largest absolute Gasteiger partial charge is 0.493 e. The molecule has 1 heterocycles. The van der Waals surface area contributed by atoms with Crippen molar-refractivity contribution in [2.24, 2.45) is 11.8 Å². The molecule has 0 radical (unpaired) electrons. The van der Waals surface area contributed by atoms with E-state index in [9.17, 15) is 0 Å². The number of fused-ring (bicyclic) bond motifs is 1. The van der Waals surface area contributed by atoms with Crippen LogP contribution in [0, 0.1) is 11.8 Å². The quantitative estimate of drug-likeness (QED) is 0.832. The lowest BCUT2D eigenvalue weighted by Crippen LogP contribution is -2.28. The summed E-state index contributed by atoms with van der Waals surface area (Å²) >= 11 is 0. The maximum atomic E-state index is 5.65. The molecule has 0 aromatic heterocycles. The van der Waals surface area contributed by atoms with Crippen molar-refractivity contribution in [1.82, 2.24) is 5.32 Å². The molecule has 1 aliphatic carbocycles. The molecule has 1 aromatic rings. The Morgan fingerprint density at radius 1 is 1.29 bits per heavy atom. The van der Waals surface area contributed by atoms with Gasteiger partial charge in [-0.3, -0.25) is 0 Å². The van der Waals surface area contributed by atoms with Gasteiger partial charge >= 0.3 is 0 Å². The second kappa shape index (κ2) is 6.83. The lowest BCUT2D eigenvalue weighted by Gasteiger charge is -2.26. The van der Waals surface area contributed by atoms with Gasteiger partial charge in [-0.1, -0.05) is 38.8 Å². The molecule has 3 rings (SSSR count). The molecule has 1 N–H and O–H groups in total. The topological polar surface area (TPSA) is 21.3 Å². The summed E-state index contributed by atoms with van der Waals surface area (Å²) in [6.07, 6.45) is 7.81. The van der Waals surface area contributed by atoms with Crippen LogP contribution in [0.4, 0.5) is 0 Å². The maximum absolute atomic E-state index is 5.65. The van der Waals surface area contributed by atoms with Crippen molar-refractivity contribution in [3.63, 3.8) is 0 Å². The van der Waals surface area contributed by atoms with Gasteiger partial charge in [-0.2, -0.15) is 0 Å². The predicted octanol–water partition coefficient (Wildman–Crippen LogP) is 4.49. The maximum Gasteiger partial charge on any atom is 0.122 e. The van der Waals surface area contributed by atoms with E-state index in [0.717, 1.165) is 37.2 Å². The van der Waals surface area contributed by atoms with Crippen LogP contribution in [-0.2, 0) is 6.42 Å². The Morgan fingerprint density at radius 3 is 2.95 bits per heavy atom. The molecule has 1 aliphatic heterocycles. The van der Waals surface area contributed by atoms with E-state index >= 15 is 0 Å². The highest BCUT2D eigenvalue weighted by Gasteiger charge is 2.31. The Morgan fingerprint density at radius 2 is 2.19 bits per heavy atom. The molecule has 1 saturated carbocycles. The zero-order valence-corrected chi connectivity index (χ0v) is 13.5. The first kappa shape index (κ1) is 14.9. The second-order valence-electron chi connectivity index (χ2n) is 6.74. The van der Waals surface area contributed by atoms with Crippen LogP contribution in [0.5, 0.6) is 5.75 Å². The number of hydrogen-bond acceptors (Lipinski definition) is 2. The summed E-state index contributed by atoms with van der Waals surface area (Å²) in [5, 5.41) is 3.82.